The van der Waals surface area contributed by atoms with Crippen molar-refractivity contribution in [2.45, 2.75) is 0 Å². The van der Waals surface area contributed by atoms with Crippen molar-refractivity contribution in [3.8, 4) is 6.07 Å². The highest BCUT2D eigenvalue weighted by molar-refractivity contribution is 6.12. The van der Waals surface area contributed by atoms with Gasteiger partial charge in [0.2, 0.25) is 0 Å². The molecule has 0 aliphatic carbocycles. The minimum absolute atomic E-state index is 0.0876. The summed E-state index contributed by atoms with van der Waals surface area (Å²) in [6.07, 6.45) is 1.75. The van der Waals surface area contributed by atoms with E-state index in [1.165, 1.54) is 12.1 Å². The number of hydrogen-bond donors (Lipinski definition) is 2. The number of rotatable bonds is 2. The van der Waals surface area contributed by atoms with Crippen molar-refractivity contribution in [2.75, 3.05) is 5.32 Å². The third-order valence-electron chi connectivity index (χ3n) is 3.19. The van der Waals surface area contributed by atoms with Crippen LogP contribution in [0.25, 0.3) is 10.9 Å². The molecule has 2 aromatic carbocycles. The van der Waals surface area contributed by atoms with Gasteiger partial charge in [0.25, 0.3) is 5.91 Å². The van der Waals surface area contributed by atoms with E-state index < -0.39 is 5.82 Å². The number of benzene rings is 2. The van der Waals surface area contributed by atoms with E-state index in [2.05, 4.69) is 10.3 Å². The SMILES string of the molecule is N#Cc1cc(F)ccc1NC(=O)c1cccc2[nH]ccc12. The largest absolute Gasteiger partial charge is 0.361 e. The molecule has 0 saturated heterocycles. The van der Waals surface area contributed by atoms with E-state index in [9.17, 15) is 9.18 Å². The molecule has 0 atom stereocenters. The molecule has 0 aliphatic heterocycles. The normalized spacial score (nSPS) is 10.3. The summed E-state index contributed by atoms with van der Waals surface area (Å²) in [6.45, 7) is 0. The molecular weight excluding hydrogens is 269 g/mol. The Morgan fingerprint density at radius 3 is 2.90 bits per heavy atom. The average Bonchev–Trinajstić information content (AvgIpc) is 2.97. The Morgan fingerprint density at radius 1 is 1.24 bits per heavy atom. The summed E-state index contributed by atoms with van der Waals surface area (Å²) in [5.41, 5.74) is 1.71. The molecule has 21 heavy (non-hydrogen) atoms. The van der Waals surface area contributed by atoms with Gasteiger partial charge in [0.1, 0.15) is 11.9 Å². The predicted molar refractivity (Wildman–Crippen MR) is 77.4 cm³/mol. The lowest BCUT2D eigenvalue weighted by Crippen LogP contribution is -2.13. The third kappa shape index (κ3) is 2.35. The lowest BCUT2D eigenvalue weighted by atomic mass is 10.1. The van der Waals surface area contributed by atoms with Gasteiger partial charge in [-0.2, -0.15) is 5.26 Å². The molecular formula is C16H10FN3O. The minimum atomic E-state index is -0.516. The Labute approximate surface area is 119 Å². The van der Waals surface area contributed by atoms with Crippen LogP contribution in [0.4, 0.5) is 10.1 Å². The molecule has 1 aromatic heterocycles. The van der Waals surface area contributed by atoms with Crippen molar-refractivity contribution < 1.29 is 9.18 Å². The fourth-order valence-electron chi connectivity index (χ4n) is 2.19. The Kier molecular flexibility index (Phi) is 3.13. The van der Waals surface area contributed by atoms with E-state index in [0.29, 0.717) is 5.56 Å². The fourth-order valence-corrected chi connectivity index (χ4v) is 2.19. The van der Waals surface area contributed by atoms with Gasteiger partial charge in [-0.25, -0.2) is 4.39 Å². The smallest absolute Gasteiger partial charge is 0.256 e. The number of anilines is 1. The highest BCUT2D eigenvalue weighted by Crippen LogP contribution is 2.21. The first-order chi connectivity index (χ1) is 10.2. The van der Waals surface area contributed by atoms with Gasteiger partial charge in [0.15, 0.2) is 0 Å². The molecule has 3 aromatic rings. The van der Waals surface area contributed by atoms with Crippen LogP contribution < -0.4 is 5.32 Å². The number of nitrogens with zero attached hydrogens (tertiary/aromatic N) is 1. The van der Waals surface area contributed by atoms with E-state index >= 15 is 0 Å². The van der Waals surface area contributed by atoms with Crippen LogP contribution in [0.15, 0.2) is 48.7 Å². The summed E-state index contributed by atoms with van der Waals surface area (Å²) in [5, 5.41) is 12.4. The number of amides is 1. The fraction of sp³-hybridized carbons (Fsp3) is 0. The van der Waals surface area contributed by atoms with Crippen molar-refractivity contribution in [3.63, 3.8) is 0 Å². The van der Waals surface area contributed by atoms with Crippen LogP contribution >= 0.6 is 0 Å². The van der Waals surface area contributed by atoms with E-state index in [4.69, 9.17) is 5.26 Å². The Balaban J connectivity index is 1.97. The molecule has 1 heterocycles. The van der Waals surface area contributed by atoms with E-state index in [-0.39, 0.29) is 17.2 Å². The molecule has 2 N–H and O–H groups in total. The zero-order valence-corrected chi connectivity index (χ0v) is 10.9. The van der Waals surface area contributed by atoms with Crippen LogP contribution in [-0.2, 0) is 0 Å². The number of H-pyrrole nitrogens is 1. The first-order valence-electron chi connectivity index (χ1n) is 6.26. The zero-order valence-electron chi connectivity index (χ0n) is 10.9. The number of hydrogen-bond acceptors (Lipinski definition) is 2. The van der Waals surface area contributed by atoms with Gasteiger partial charge in [-0.05, 0) is 36.4 Å². The van der Waals surface area contributed by atoms with Crippen molar-refractivity contribution in [2.24, 2.45) is 0 Å². The third-order valence-corrected chi connectivity index (χ3v) is 3.19. The molecule has 0 aliphatic rings. The summed E-state index contributed by atoms with van der Waals surface area (Å²) in [4.78, 5) is 15.4. The van der Waals surface area contributed by atoms with E-state index in [1.54, 1.807) is 24.4 Å². The molecule has 0 unspecified atom stereocenters. The maximum Gasteiger partial charge on any atom is 0.256 e. The first kappa shape index (κ1) is 12.9. The zero-order chi connectivity index (χ0) is 14.8. The number of nitriles is 1. The molecule has 102 valence electrons. The first-order valence-corrected chi connectivity index (χ1v) is 6.26. The summed E-state index contributed by atoms with van der Waals surface area (Å²) >= 11 is 0. The van der Waals surface area contributed by atoms with Crippen LogP contribution in [0.5, 0.6) is 0 Å². The van der Waals surface area contributed by atoms with Crippen molar-refractivity contribution in [1.29, 1.82) is 5.26 Å². The second kappa shape index (κ2) is 5.10. The number of fused-ring (bicyclic) bond motifs is 1. The standard InChI is InChI=1S/C16H10FN3O/c17-11-4-5-14(10(8-11)9-18)20-16(21)13-2-1-3-15-12(13)6-7-19-15/h1-8,19H,(H,20,21). The summed E-state index contributed by atoms with van der Waals surface area (Å²) < 4.78 is 13.1. The lowest BCUT2D eigenvalue weighted by molar-refractivity contribution is 0.102. The molecule has 0 fully saturated rings. The van der Waals surface area contributed by atoms with Crippen LogP contribution in [0, 0.1) is 17.1 Å². The number of nitrogens with one attached hydrogen (secondary N) is 2. The number of aromatic amines is 1. The topological polar surface area (TPSA) is 68.7 Å². The lowest BCUT2D eigenvalue weighted by Gasteiger charge is -2.08. The van der Waals surface area contributed by atoms with Crippen LogP contribution in [0.3, 0.4) is 0 Å². The minimum Gasteiger partial charge on any atom is -0.361 e. The molecule has 5 heteroatoms. The van der Waals surface area contributed by atoms with E-state index in [1.807, 2.05) is 12.1 Å². The van der Waals surface area contributed by atoms with Crippen LogP contribution in [-0.4, -0.2) is 10.9 Å². The van der Waals surface area contributed by atoms with Gasteiger partial charge in [-0.1, -0.05) is 6.07 Å². The number of carbonyl (C=O) groups is 1. The van der Waals surface area contributed by atoms with Crippen LogP contribution in [0.1, 0.15) is 15.9 Å². The molecule has 1 amide bonds. The number of carbonyl (C=O) groups excluding carboxylic acids is 1. The van der Waals surface area contributed by atoms with Gasteiger partial charge in [-0.15, -0.1) is 0 Å². The molecule has 0 spiro atoms. The van der Waals surface area contributed by atoms with Crippen LogP contribution in [0.2, 0.25) is 0 Å². The average molecular weight is 279 g/mol. The van der Waals surface area contributed by atoms with Crippen molar-refractivity contribution in [1.82, 2.24) is 4.98 Å². The van der Waals surface area contributed by atoms with Gasteiger partial charge < -0.3 is 10.3 Å². The van der Waals surface area contributed by atoms with Crippen molar-refractivity contribution in [3.05, 3.63) is 65.6 Å². The summed E-state index contributed by atoms with van der Waals surface area (Å²) in [7, 11) is 0. The summed E-state index contributed by atoms with van der Waals surface area (Å²) in [6, 6.07) is 12.7. The Hall–Kier alpha value is -3.13. The van der Waals surface area contributed by atoms with Gasteiger partial charge in [0.05, 0.1) is 11.3 Å². The Bertz CT molecular complexity index is 877. The van der Waals surface area contributed by atoms with Crippen molar-refractivity contribution >= 4 is 22.5 Å². The summed E-state index contributed by atoms with van der Waals surface area (Å²) in [5.74, 6) is -0.861. The molecule has 0 radical (unpaired) electrons. The van der Waals surface area contributed by atoms with Gasteiger partial charge in [-0.3, -0.25) is 4.79 Å². The predicted octanol–water partition coefficient (Wildman–Crippen LogP) is 3.43. The second-order valence-electron chi connectivity index (χ2n) is 4.50. The highest BCUT2D eigenvalue weighted by Gasteiger charge is 2.13. The number of aromatic nitrogens is 1. The molecule has 0 bridgehead atoms. The van der Waals surface area contributed by atoms with E-state index in [0.717, 1.165) is 17.0 Å². The molecule has 3 rings (SSSR count). The van der Waals surface area contributed by atoms with Gasteiger partial charge in [0, 0.05) is 22.7 Å². The number of halogens is 1. The molecule has 4 nitrogen and oxygen atoms in total. The quantitative estimate of drug-likeness (QED) is 0.754. The highest BCUT2D eigenvalue weighted by atomic mass is 19.1. The monoisotopic (exact) mass is 279 g/mol. The maximum atomic E-state index is 13.1. The van der Waals surface area contributed by atoms with Gasteiger partial charge >= 0.3 is 0 Å². The Morgan fingerprint density at radius 2 is 2.10 bits per heavy atom. The molecule has 0 saturated carbocycles. The maximum absolute atomic E-state index is 13.1. The second-order valence-corrected chi connectivity index (χ2v) is 4.50.